The number of hydrogen-bond donors (Lipinski definition) is 1. The topological polar surface area (TPSA) is 55.1 Å². The zero-order valence-electron chi connectivity index (χ0n) is 13.2. The lowest BCUT2D eigenvalue weighted by Gasteiger charge is -2.07. The highest BCUT2D eigenvalue weighted by Gasteiger charge is 2.23. The third-order valence-electron chi connectivity index (χ3n) is 3.55. The number of rotatable bonds is 4. The summed E-state index contributed by atoms with van der Waals surface area (Å²) in [4.78, 5) is 13.8. The summed E-state index contributed by atoms with van der Waals surface area (Å²) >= 11 is 7.84. The Balaban J connectivity index is 1.96. The first-order valence-corrected chi connectivity index (χ1v) is 8.87. The fourth-order valence-electron chi connectivity index (χ4n) is 2.37. The normalized spacial score (nSPS) is 10.6. The van der Waals surface area contributed by atoms with Crippen LogP contribution in [0.25, 0.3) is 11.3 Å². The van der Waals surface area contributed by atoms with Gasteiger partial charge in [-0.3, -0.25) is 4.79 Å². The van der Waals surface area contributed by atoms with Gasteiger partial charge in [-0.2, -0.15) is 0 Å². The van der Waals surface area contributed by atoms with Gasteiger partial charge in [-0.25, -0.2) is 0 Å². The average Bonchev–Trinajstić information content (AvgIpc) is 2.97. The predicted octanol–water partition coefficient (Wildman–Crippen LogP) is 5.28. The van der Waals surface area contributed by atoms with E-state index < -0.39 is 0 Å². The van der Waals surface area contributed by atoms with Crippen LogP contribution in [-0.4, -0.2) is 17.3 Å². The SMILES string of the molecule is CSc1cccc(NC(=O)c2c(-c3ccccc3Cl)noc2C)c1. The minimum absolute atomic E-state index is 0.276. The molecule has 122 valence electrons. The molecular formula is C18H15ClN2O2S. The van der Waals surface area contributed by atoms with Crippen LogP contribution in [0.2, 0.25) is 5.02 Å². The molecule has 0 atom stereocenters. The summed E-state index contributed by atoms with van der Waals surface area (Å²) in [6, 6.07) is 14.9. The first kappa shape index (κ1) is 16.6. The lowest BCUT2D eigenvalue weighted by molar-refractivity contribution is 0.102. The Hall–Kier alpha value is -2.24. The fraction of sp³-hybridized carbons (Fsp3) is 0.111. The number of nitrogens with zero attached hydrogens (tertiary/aromatic N) is 1. The maximum atomic E-state index is 12.7. The average molecular weight is 359 g/mol. The van der Waals surface area contributed by atoms with E-state index in [1.807, 2.05) is 48.7 Å². The van der Waals surface area contributed by atoms with Gasteiger partial charge in [0.05, 0.1) is 5.02 Å². The molecular weight excluding hydrogens is 344 g/mol. The number of hydrogen-bond acceptors (Lipinski definition) is 4. The van der Waals surface area contributed by atoms with Gasteiger partial charge >= 0.3 is 0 Å². The van der Waals surface area contributed by atoms with Gasteiger partial charge in [0.2, 0.25) is 0 Å². The molecule has 1 amide bonds. The Morgan fingerprint density at radius 1 is 1.21 bits per heavy atom. The zero-order chi connectivity index (χ0) is 17.1. The summed E-state index contributed by atoms with van der Waals surface area (Å²) in [5, 5.41) is 7.43. The molecule has 0 aliphatic heterocycles. The summed E-state index contributed by atoms with van der Waals surface area (Å²) in [5.41, 5.74) is 2.21. The molecule has 24 heavy (non-hydrogen) atoms. The van der Waals surface area contributed by atoms with Gasteiger partial charge in [0.15, 0.2) is 0 Å². The molecule has 0 aliphatic rings. The Bertz CT molecular complexity index is 892. The van der Waals surface area contributed by atoms with Crippen LogP contribution in [-0.2, 0) is 0 Å². The minimum atomic E-state index is -0.276. The molecule has 3 rings (SSSR count). The molecule has 1 aromatic heterocycles. The summed E-state index contributed by atoms with van der Waals surface area (Å²) in [6.07, 6.45) is 1.99. The highest BCUT2D eigenvalue weighted by Crippen LogP contribution is 2.31. The molecule has 3 aromatic rings. The number of benzene rings is 2. The maximum Gasteiger partial charge on any atom is 0.261 e. The molecule has 2 aromatic carbocycles. The Kier molecular flexibility index (Phi) is 4.92. The standard InChI is InChI=1S/C18H15ClN2O2S/c1-11-16(17(21-23-11)14-8-3-4-9-15(14)19)18(22)20-12-6-5-7-13(10-12)24-2/h3-10H,1-2H3,(H,20,22). The van der Waals surface area contributed by atoms with Crippen molar-refractivity contribution in [2.24, 2.45) is 0 Å². The second-order valence-corrected chi connectivity index (χ2v) is 6.42. The number of aryl methyl sites for hydroxylation is 1. The predicted molar refractivity (Wildman–Crippen MR) is 97.9 cm³/mol. The van der Waals surface area contributed by atoms with Crippen molar-refractivity contribution in [3.8, 4) is 11.3 Å². The summed E-state index contributed by atoms with van der Waals surface area (Å²) in [7, 11) is 0. The van der Waals surface area contributed by atoms with E-state index >= 15 is 0 Å². The number of aromatic nitrogens is 1. The second-order valence-electron chi connectivity index (χ2n) is 5.13. The molecule has 0 unspecified atom stereocenters. The Morgan fingerprint density at radius 2 is 2.00 bits per heavy atom. The number of amides is 1. The van der Waals surface area contributed by atoms with Crippen molar-refractivity contribution >= 4 is 35.0 Å². The Labute approximate surface area is 149 Å². The molecule has 1 N–H and O–H groups in total. The van der Waals surface area contributed by atoms with Crippen LogP contribution in [0.3, 0.4) is 0 Å². The quantitative estimate of drug-likeness (QED) is 0.645. The highest BCUT2D eigenvalue weighted by molar-refractivity contribution is 7.98. The maximum absolute atomic E-state index is 12.7. The van der Waals surface area contributed by atoms with E-state index in [9.17, 15) is 4.79 Å². The van der Waals surface area contributed by atoms with Crippen molar-refractivity contribution in [2.45, 2.75) is 11.8 Å². The van der Waals surface area contributed by atoms with Crippen LogP contribution < -0.4 is 5.32 Å². The van der Waals surface area contributed by atoms with E-state index in [1.54, 1.807) is 24.8 Å². The van der Waals surface area contributed by atoms with E-state index in [0.717, 1.165) is 10.6 Å². The minimum Gasteiger partial charge on any atom is -0.360 e. The van der Waals surface area contributed by atoms with E-state index in [-0.39, 0.29) is 5.91 Å². The third kappa shape index (κ3) is 3.32. The van der Waals surface area contributed by atoms with Crippen molar-refractivity contribution in [3.63, 3.8) is 0 Å². The molecule has 0 bridgehead atoms. The molecule has 0 saturated heterocycles. The second kappa shape index (κ2) is 7.11. The molecule has 0 saturated carbocycles. The molecule has 4 nitrogen and oxygen atoms in total. The van der Waals surface area contributed by atoms with Crippen molar-refractivity contribution in [2.75, 3.05) is 11.6 Å². The summed E-state index contributed by atoms with van der Waals surface area (Å²) in [6.45, 7) is 1.71. The molecule has 0 spiro atoms. The highest BCUT2D eigenvalue weighted by atomic mass is 35.5. The van der Waals surface area contributed by atoms with Crippen molar-refractivity contribution in [1.82, 2.24) is 5.16 Å². The number of anilines is 1. The van der Waals surface area contributed by atoms with E-state index in [2.05, 4.69) is 10.5 Å². The van der Waals surface area contributed by atoms with E-state index in [4.69, 9.17) is 16.1 Å². The van der Waals surface area contributed by atoms with Crippen LogP contribution in [0.4, 0.5) is 5.69 Å². The van der Waals surface area contributed by atoms with Gasteiger partial charge in [-0.1, -0.05) is 41.0 Å². The van der Waals surface area contributed by atoms with Gasteiger partial charge in [0.1, 0.15) is 17.0 Å². The van der Waals surface area contributed by atoms with Crippen molar-refractivity contribution < 1.29 is 9.32 Å². The number of carbonyl (C=O) groups excluding carboxylic acids is 1. The smallest absolute Gasteiger partial charge is 0.261 e. The number of carbonyl (C=O) groups is 1. The number of halogens is 1. The molecule has 0 radical (unpaired) electrons. The zero-order valence-corrected chi connectivity index (χ0v) is 14.7. The van der Waals surface area contributed by atoms with Crippen LogP contribution in [0, 0.1) is 6.92 Å². The van der Waals surface area contributed by atoms with Crippen LogP contribution in [0.1, 0.15) is 16.1 Å². The lowest BCUT2D eigenvalue weighted by Crippen LogP contribution is -2.13. The van der Waals surface area contributed by atoms with Gasteiger partial charge < -0.3 is 9.84 Å². The van der Waals surface area contributed by atoms with Gasteiger partial charge in [-0.15, -0.1) is 11.8 Å². The van der Waals surface area contributed by atoms with Crippen LogP contribution >= 0.6 is 23.4 Å². The van der Waals surface area contributed by atoms with E-state index in [1.165, 1.54) is 0 Å². The third-order valence-corrected chi connectivity index (χ3v) is 4.60. The van der Waals surface area contributed by atoms with E-state index in [0.29, 0.717) is 27.6 Å². The van der Waals surface area contributed by atoms with Crippen LogP contribution in [0.5, 0.6) is 0 Å². The first-order valence-electron chi connectivity index (χ1n) is 7.26. The molecule has 0 aliphatic carbocycles. The van der Waals surface area contributed by atoms with Crippen molar-refractivity contribution in [3.05, 3.63) is 64.9 Å². The molecule has 0 fully saturated rings. The Morgan fingerprint density at radius 3 is 2.75 bits per heavy atom. The number of thioether (sulfide) groups is 1. The summed E-state index contributed by atoms with van der Waals surface area (Å²) in [5.74, 6) is 0.172. The fourth-order valence-corrected chi connectivity index (χ4v) is 3.06. The number of nitrogens with one attached hydrogen (secondary N) is 1. The lowest BCUT2D eigenvalue weighted by atomic mass is 10.1. The van der Waals surface area contributed by atoms with Crippen LogP contribution in [0.15, 0.2) is 57.9 Å². The monoisotopic (exact) mass is 358 g/mol. The largest absolute Gasteiger partial charge is 0.360 e. The first-order chi connectivity index (χ1) is 11.6. The molecule has 1 heterocycles. The molecule has 6 heteroatoms. The van der Waals surface area contributed by atoms with Gasteiger partial charge in [0, 0.05) is 16.1 Å². The summed E-state index contributed by atoms with van der Waals surface area (Å²) < 4.78 is 5.24. The van der Waals surface area contributed by atoms with Crippen molar-refractivity contribution in [1.29, 1.82) is 0 Å². The van der Waals surface area contributed by atoms with Gasteiger partial charge in [0.25, 0.3) is 5.91 Å². The van der Waals surface area contributed by atoms with Gasteiger partial charge in [-0.05, 0) is 37.4 Å².